The maximum atomic E-state index is 5.64. The summed E-state index contributed by atoms with van der Waals surface area (Å²) in [5, 5.41) is 14.8. The Morgan fingerprint density at radius 3 is 3.11 bits per heavy atom. The van der Waals surface area contributed by atoms with Gasteiger partial charge >= 0.3 is 0 Å². The van der Waals surface area contributed by atoms with Crippen LogP contribution in [0, 0.1) is 0 Å². The van der Waals surface area contributed by atoms with E-state index in [-0.39, 0.29) is 5.95 Å². The molecule has 92 valence electrons. The van der Waals surface area contributed by atoms with Gasteiger partial charge in [0.25, 0.3) is 0 Å². The Morgan fingerprint density at radius 1 is 1.44 bits per heavy atom. The molecule has 0 unspecified atom stereocenters. The van der Waals surface area contributed by atoms with Gasteiger partial charge in [-0.15, -0.1) is 0 Å². The molecule has 0 aliphatic carbocycles. The van der Waals surface area contributed by atoms with Gasteiger partial charge in [0.1, 0.15) is 5.82 Å². The second kappa shape index (κ2) is 3.99. The standard InChI is InChI=1S/C10H12N8/c1-18-6(2-3-14-18)4-12-8-7-5-13-17-9(7)16-10(11)15-8/h2-3,5H,4H2,1H3,(H4,11,12,13,15,16,17). The Labute approximate surface area is 102 Å². The second-order valence-corrected chi connectivity index (χ2v) is 3.86. The average molecular weight is 244 g/mol. The number of rotatable bonds is 3. The molecule has 0 spiro atoms. The van der Waals surface area contributed by atoms with Crippen LogP contribution in [0.1, 0.15) is 5.69 Å². The van der Waals surface area contributed by atoms with Gasteiger partial charge in [0, 0.05) is 13.2 Å². The van der Waals surface area contributed by atoms with Crippen molar-refractivity contribution in [3.63, 3.8) is 0 Å². The van der Waals surface area contributed by atoms with Crippen LogP contribution in [-0.4, -0.2) is 29.9 Å². The number of H-pyrrole nitrogens is 1. The van der Waals surface area contributed by atoms with Crippen molar-refractivity contribution >= 4 is 22.8 Å². The molecular formula is C10H12N8. The minimum Gasteiger partial charge on any atom is -0.368 e. The van der Waals surface area contributed by atoms with Gasteiger partial charge in [0.15, 0.2) is 5.65 Å². The zero-order valence-corrected chi connectivity index (χ0v) is 9.75. The molecule has 3 heterocycles. The predicted molar refractivity (Wildman–Crippen MR) is 66.6 cm³/mol. The number of nitrogens with zero attached hydrogens (tertiary/aromatic N) is 5. The maximum absolute atomic E-state index is 5.64. The molecule has 0 radical (unpaired) electrons. The van der Waals surface area contributed by atoms with Gasteiger partial charge in [-0.1, -0.05) is 0 Å². The van der Waals surface area contributed by atoms with Crippen molar-refractivity contribution in [2.75, 3.05) is 11.1 Å². The van der Waals surface area contributed by atoms with Crippen LogP contribution in [0.25, 0.3) is 11.0 Å². The molecule has 4 N–H and O–H groups in total. The van der Waals surface area contributed by atoms with Crippen LogP contribution < -0.4 is 11.1 Å². The van der Waals surface area contributed by atoms with Gasteiger partial charge in [0.05, 0.1) is 23.8 Å². The number of aromatic nitrogens is 6. The largest absolute Gasteiger partial charge is 0.368 e. The first-order valence-corrected chi connectivity index (χ1v) is 5.41. The monoisotopic (exact) mass is 244 g/mol. The maximum Gasteiger partial charge on any atom is 0.224 e. The van der Waals surface area contributed by atoms with Crippen molar-refractivity contribution in [1.82, 2.24) is 29.9 Å². The van der Waals surface area contributed by atoms with Crippen molar-refractivity contribution in [2.45, 2.75) is 6.54 Å². The van der Waals surface area contributed by atoms with E-state index >= 15 is 0 Å². The van der Waals surface area contributed by atoms with E-state index in [9.17, 15) is 0 Å². The number of nitrogens with one attached hydrogen (secondary N) is 2. The summed E-state index contributed by atoms with van der Waals surface area (Å²) in [5.74, 6) is 0.867. The van der Waals surface area contributed by atoms with E-state index < -0.39 is 0 Å². The van der Waals surface area contributed by atoms with Crippen LogP contribution in [0.2, 0.25) is 0 Å². The minimum absolute atomic E-state index is 0.208. The van der Waals surface area contributed by atoms with Crippen LogP contribution in [0.5, 0.6) is 0 Å². The topological polar surface area (TPSA) is 110 Å². The highest BCUT2D eigenvalue weighted by Gasteiger charge is 2.08. The van der Waals surface area contributed by atoms with Crippen LogP contribution in [0.3, 0.4) is 0 Å². The van der Waals surface area contributed by atoms with Gasteiger partial charge in [-0.05, 0) is 6.07 Å². The van der Waals surface area contributed by atoms with Gasteiger partial charge in [-0.2, -0.15) is 20.2 Å². The number of anilines is 2. The van der Waals surface area contributed by atoms with Crippen molar-refractivity contribution in [1.29, 1.82) is 0 Å². The molecule has 8 nitrogen and oxygen atoms in total. The lowest BCUT2D eigenvalue weighted by molar-refractivity contribution is 0.720. The number of hydrogen-bond acceptors (Lipinski definition) is 6. The first-order valence-electron chi connectivity index (χ1n) is 5.41. The van der Waals surface area contributed by atoms with Crippen molar-refractivity contribution in [3.05, 3.63) is 24.2 Å². The minimum atomic E-state index is 0.208. The lowest BCUT2D eigenvalue weighted by Gasteiger charge is -2.07. The van der Waals surface area contributed by atoms with Gasteiger partial charge < -0.3 is 11.1 Å². The zero-order chi connectivity index (χ0) is 12.5. The molecule has 0 aliphatic heterocycles. The number of aromatic amines is 1. The molecular weight excluding hydrogens is 232 g/mol. The van der Waals surface area contributed by atoms with Crippen molar-refractivity contribution < 1.29 is 0 Å². The number of nitrogen functional groups attached to an aromatic ring is 1. The molecule has 0 saturated carbocycles. The number of aryl methyl sites for hydroxylation is 1. The number of fused-ring (bicyclic) bond motifs is 1. The molecule has 3 aromatic rings. The quantitative estimate of drug-likeness (QED) is 0.610. The molecule has 0 fully saturated rings. The molecule has 3 aromatic heterocycles. The Morgan fingerprint density at radius 2 is 2.33 bits per heavy atom. The summed E-state index contributed by atoms with van der Waals surface area (Å²) >= 11 is 0. The third-order valence-electron chi connectivity index (χ3n) is 2.69. The molecule has 0 aliphatic rings. The molecule has 0 aromatic carbocycles. The van der Waals surface area contributed by atoms with E-state index in [0.29, 0.717) is 18.0 Å². The lowest BCUT2D eigenvalue weighted by atomic mass is 10.3. The lowest BCUT2D eigenvalue weighted by Crippen LogP contribution is -2.08. The Hall–Kier alpha value is -2.64. The Bertz CT molecular complexity index is 682. The van der Waals surface area contributed by atoms with Gasteiger partial charge in [-0.3, -0.25) is 9.78 Å². The highest BCUT2D eigenvalue weighted by molar-refractivity contribution is 5.86. The zero-order valence-electron chi connectivity index (χ0n) is 9.75. The Balaban J connectivity index is 1.90. The van der Waals surface area contributed by atoms with E-state index in [0.717, 1.165) is 11.1 Å². The molecule has 0 bridgehead atoms. The summed E-state index contributed by atoms with van der Waals surface area (Å²) in [7, 11) is 1.89. The van der Waals surface area contributed by atoms with E-state index in [1.165, 1.54) is 0 Å². The van der Waals surface area contributed by atoms with Crippen LogP contribution in [0.15, 0.2) is 18.5 Å². The van der Waals surface area contributed by atoms with Crippen LogP contribution in [0.4, 0.5) is 11.8 Å². The van der Waals surface area contributed by atoms with E-state index in [4.69, 9.17) is 5.73 Å². The van der Waals surface area contributed by atoms with Crippen LogP contribution in [-0.2, 0) is 13.6 Å². The fourth-order valence-corrected chi connectivity index (χ4v) is 1.74. The highest BCUT2D eigenvalue weighted by atomic mass is 15.3. The first-order chi connectivity index (χ1) is 8.74. The number of nitrogens with two attached hydrogens (primary N) is 1. The van der Waals surface area contributed by atoms with Crippen molar-refractivity contribution in [3.8, 4) is 0 Å². The van der Waals surface area contributed by atoms with E-state index in [2.05, 4.69) is 30.6 Å². The summed E-state index contributed by atoms with van der Waals surface area (Å²) in [5.41, 5.74) is 7.30. The first kappa shape index (κ1) is 10.5. The summed E-state index contributed by atoms with van der Waals surface area (Å²) in [4.78, 5) is 8.22. The second-order valence-electron chi connectivity index (χ2n) is 3.86. The number of hydrogen-bond donors (Lipinski definition) is 3. The summed E-state index contributed by atoms with van der Waals surface area (Å²) in [6.45, 7) is 0.604. The molecule has 0 saturated heterocycles. The predicted octanol–water partition coefficient (Wildman–Crippen LogP) is 0.281. The summed E-state index contributed by atoms with van der Waals surface area (Å²) in [6, 6.07) is 1.93. The third kappa shape index (κ3) is 1.73. The summed E-state index contributed by atoms with van der Waals surface area (Å²) < 4.78 is 1.80. The fraction of sp³-hybridized carbons (Fsp3) is 0.200. The molecule has 8 heteroatoms. The van der Waals surface area contributed by atoms with Crippen LogP contribution >= 0.6 is 0 Å². The average Bonchev–Trinajstić information content (AvgIpc) is 2.94. The fourth-order valence-electron chi connectivity index (χ4n) is 1.74. The smallest absolute Gasteiger partial charge is 0.224 e. The third-order valence-corrected chi connectivity index (χ3v) is 2.69. The highest BCUT2D eigenvalue weighted by Crippen LogP contribution is 2.19. The SMILES string of the molecule is Cn1nccc1CNc1nc(N)nc2[nH]ncc12. The van der Waals surface area contributed by atoms with E-state index in [1.807, 2.05) is 13.1 Å². The molecule has 0 atom stereocenters. The Kier molecular flexibility index (Phi) is 2.33. The van der Waals surface area contributed by atoms with Gasteiger partial charge in [-0.25, -0.2) is 0 Å². The van der Waals surface area contributed by atoms with E-state index in [1.54, 1.807) is 17.1 Å². The molecule has 0 amide bonds. The van der Waals surface area contributed by atoms with Gasteiger partial charge in [0.2, 0.25) is 5.95 Å². The summed E-state index contributed by atoms with van der Waals surface area (Å²) in [6.07, 6.45) is 3.42. The molecule has 18 heavy (non-hydrogen) atoms. The normalized spacial score (nSPS) is 10.9. The molecule has 3 rings (SSSR count). The van der Waals surface area contributed by atoms with Crippen molar-refractivity contribution in [2.24, 2.45) is 7.05 Å².